The fraction of sp³-hybridized carbons (Fsp3) is 0.545. The molecule has 1 amide bonds. The molecule has 1 saturated carbocycles. The maximum atomic E-state index is 13.4. The van der Waals surface area contributed by atoms with Crippen LogP contribution in [-0.2, 0) is 26.7 Å². The van der Waals surface area contributed by atoms with Crippen LogP contribution in [0.25, 0.3) is 0 Å². The van der Waals surface area contributed by atoms with E-state index in [1.807, 2.05) is 6.07 Å². The van der Waals surface area contributed by atoms with Gasteiger partial charge in [0.25, 0.3) is 10.0 Å². The molecule has 0 aromatic heterocycles. The number of aryl methyl sites for hydroxylation is 1. The van der Waals surface area contributed by atoms with Crippen LogP contribution in [0.5, 0.6) is 5.75 Å². The normalized spacial score (nSPS) is 31.6. The molecule has 7 nitrogen and oxygen atoms in total. The number of nitrogens with one attached hydrogen (secondary N) is 1. The molecule has 2 aliphatic carbocycles. The highest BCUT2D eigenvalue weighted by Crippen LogP contribution is 2.47. The van der Waals surface area contributed by atoms with Crippen LogP contribution in [-0.4, -0.2) is 59.1 Å². The van der Waals surface area contributed by atoms with Crippen molar-refractivity contribution < 1.29 is 17.9 Å². The van der Waals surface area contributed by atoms with Gasteiger partial charge in [-0.2, -0.15) is 0 Å². The van der Waals surface area contributed by atoms with Crippen LogP contribution in [0.3, 0.4) is 0 Å². The summed E-state index contributed by atoms with van der Waals surface area (Å²) in [6.45, 7) is 3.85. The minimum atomic E-state index is -4.04. The summed E-state index contributed by atoms with van der Waals surface area (Å²) >= 11 is 6.41. The summed E-state index contributed by atoms with van der Waals surface area (Å²) in [6.07, 6.45) is 11.1. The number of ether oxygens (including phenoxy) is 1. The van der Waals surface area contributed by atoms with E-state index in [1.54, 1.807) is 25.1 Å². The van der Waals surface area contributed by atoms with E-state index >= 15 is 0 Å². The first-order valence-corrected chi connectivity index (χ1v) is 17.1. The van der Waals surface area contributed by atoms with E-state index in [0.29, 0.717) is 36.7 Å². The zero-order valence-corrected chi connectivity index (χ0v) is 26.4. The molecule has 2 aromatic carbocycles. The Labute approximate surface area is 255 Å². The van der Waals surface area contributed by atoms with Gasteiger partial charge in [0.1, 0.15) is 5.75 Å². The van der Waals surface area contributed by atoms with Crippen LogP contribution in [0.15, 0.2) is 53.4 Å². The largest absolute Gasteiger partial charge is 0.490 e. The van der Waals surface area contributed by atoms with E-state index in [4.69, 9.17) is 16.3 Å². The smallest absolute Gasteiger partial charge is 0.264 e. The number of benzene rings is 2. The van der Waals surface area contributed by atoms with Gasteiger partial charge in [0, 0.05) is 35.5 Å². The van der Waals surface area contributed by atoms with Crippen molar-refractivity contribution in [2.75, 3.05) is 38.7 Å². The summed E-state index contributed by atoms with van der Waals surface area (Å²) in [6, 6.07) is 11.6. The van der Waals surface area contributed by atoms with E-state index in [0.717, 1.165) is 62.3 Å². The minimum absolute atomic E-state index is 0.0884. The number of carbonyl (C=O) groups excluding carboxylic acids is 1. The van der Waals surface area contributed by atoms with Crippen LogP contribution in [0, 0.1) is 17.8 Å². The van der Waals surface area contributed by atoms with Crippen molar-refractivity contribution in [1.29, 1.82) is 0 Å². The average Bonchev–Trinajstić information content (AvgIpc) is 3.08. The van der Waals surface area contributed by atoms with Crippen LogP contribution >= 0.6 is 11.6 Å². The lowest BCUT2D eigenvalue weighted by Gasteiger charge is -2.47. The average molecular weight is 612 g/mol. The second kappa shape index (κ2) is 11.5. The molecule has 0 radical (unpaired) electrons. The number of carbonyl (C=O) groups is 1. The number of amides is 1. The van der Waals surface area contributed by atoms with Gasteiger partial charge in [0.15, 0.2) is 0 Å². The lowest BCUT2D eigenvalue weighted by atomic mass is 9.67. The summed E-state index contributed by atoms with van der Waals surface area (Å²) in [4.78, 5) is 17.7. The van der Waals surface area contributed by atoms with Crippen molar-refractivity contribution in [2.24, 2.45) is 17.8 Å². The van der Waals surface area contributed by atoms with Gasteiger partial charge in [-0.05, 0) is 112 Å². The number of halogens is 1. The van der Waals surface area contributed by atoms with Crippen LogP contribution < -0.4 is 14.4 Å². The first-order chi connectivity index (χ1) is 20.1. The van der Waals surface area contributed by atoms with Crippen molar-refractivity contribution in [1.82, 2.24) is 9.62 Å². The SMILES string of the molecule is C[C@@H]1CC/C=C/[C@H](N(C)C)[C@@H]2CC[C@H]2CN2C[C@@]3(CCCc4cc(Cl)ccc43)COc3ccc(cc32)S(=O)(=O)NC1=O. The molecular weight excluding hydrogens is 570 g/mol. The Hall–Kier alpha value is -2.55. The molecule has 1 spiro atoms. The molecule has 2 bridgehead atoms. The maximum absolute atomic E-state index is 13.4. The van der Waals surface area contributed by atoms with Gasteiger partial charge < -0.3 is 14.5 Å². The maximum Gasteiger partial charge on any atom is 0.264 e. The lowest BCUT2D eigenvalue weighted by Crippen LogP contribution is -2.51. The lowest BCUT2D eigenvalue weighted by molar-refractivity contribution is -0.122. The monoisotopic (exact) mass is 611 g/mol. The van der Waals surface area contributed by atoms with Crippen molar-refractivity contribution in [3.63, 3.8) is 0 Å². The number of rotatable bonds is 1. The van der Waals surface area contributed by atoms with Crippen molar-refractivity contribution in [3.8, 4) is 5.75 Å². The summed E-state index contributed by atoms with van der Waals surface area (Å²) < 4.78 is 35.8. The van der Waals surface area contributed by atoms with Crippen LogP contribution in [0.1, 0.15) is 56.6 Å². The Morgan fingerprint density at radius 3 is 2.71 bits per heavy atom. The van der Waals surface area contributed by atoms with Crippen molar-refractivity contribution in [3.05, 3.63) is 64.7 Å². The molecule has 9 heteroatoms. The fourth-order valence-corrected chi connectivity index (χ4v) is 8.81. The van der Waals surface area contributed by atoms with Crippen molar-refractivity contribution >= 4 is 33.2 Å². The third-order valence-corrected chi connectivity index (χ3v) is 11.6. The standard InChI is InChI=1S/C33H42ClN3O4S/c1-22-7-4-5-9-29(36(2)3)27-13-10-24(27)19-37-20-33(16-6-8-23-17-25(34)11-14-28(23)33)21-41-31-15-12-26(18-30(31)37)42(39,40)35-32(22)38/h5,9,11-12,14-15,17-18,22,24,27,29H,4,6-8,10,13,16,19-21H2,1-3H3,(H,35,38)/b9-5+/t22-,24+,27-,29+,33+/m1/s1. The molecular formula is C33H42ClN3O4S. The van der Waals surface area contributed by atoms with Gasteiger partial charge in [-0.1, -0.05) is 36.7 Å². The topological polar surface area (TPSA) is 79.0 Å². The fourth-order valence-electron chi connectivity index (χ4n) is 7.52. The van der Waals surface area contributed by atoms with Gasteiger partial charge >= 0.3 is 0 Å². The predicted molar refractivity (Wildman–Crippen MR) is 167 cm³/mol. The van der Waals surface area contributed by atoms with E-state index in [1.165, 1.54) is 11.1 Å². The highest BCUT2D eigenvalue weighted by atomic mass is 35.5. The Kier molecular flexibility index (Phi) is 8.09. The Morgan fingerprint density at radius 1 is 1.12 bits per heavy atom. The molecule has 6 rings (SSSR count). The predicted octanol–water partition coefficient (Wildman–Crippen LogP) is 5.56. The van der Waals surface area contributed by atoms with E-state index in [9.17, 15) is 13.2 Å². The quantitative estimate of drug-likeness (QED) is 0.426. The molecule has 2 aromatic rings. The number of likely N-dealkylation sites (N-methyl/N-ethyl adjacent to an activating group) is 1. The summed E-state index contributed by atoms with van der Waals surface area (Å²) in [5.74, 6) is 0.751. The number of nitrogens with zero attached hydrogens (tertiary/aromatic N) is 2. The summed E-state index contributed by atoms with van der Waals surface area (Å²) in [5, 5.41) is 0.750. The molecule has 0 unspecified atom stereocenters. The minimum Gasteiger partial charge on any atom is -0.490 e. The van der Waals surface area contributed by atoms with Gasteiger partial charge in [0.05, 0.1) is 17.2 Å². The highest BCUT2D eigenvalue weighted by molar-refractivity contribution is 7.90. The zero-order valence-electron chi connectivity index (χ0n) is 24.8. The Morgan fingerprint density at radius 2 is 1.95 bits per heavy atom. The van der Waals surface area contributed by atoms with Gasteiger partial charge in [-0.3, -0.25) is 4.79 Å². The number of hydrogen-bond donors (Lipinski definition) is 1. The Bertz CT molecular complexity index is 1490. The summed E-state index contributed by atoms with van der Waals surface area (Å²) in [7, 11) is 0.243. The third kappa shape index (κ3) is 5.58. The second-order valence-corrected chi connectivity index (χ2v) is 15.2. The van der Waals surface area contributed by atoms with Gasteiger partial charge in [-0.15, -0.1) is 0 Å². The first-order valence-electron chi connectivity index (χ1n) is 15.3. The molecule has 4 aliphatic rings. The van der Waals surface area contributed by atoms with Crippen LogP contribution in [0.4, 0.5) is 5.69 Å². The molecule has 226 valence electrons. The van der Waals surface area contributed by atoms with E-state index in [-0.39, 0.29) is 10.3 Å². The first kappa shape index (κ1) is 29.5. The van der Waals surface area contributed by atoms with E-state index in [2.05, 4.69) is 52.9 Å². The Balaban J connectivity index is 1.44. The molecule has 2 aliphatic heterocycles. The third-order valence-electron chi connectivity index (χ3n) is 10.1. The molecule has 1 fully saturated rings. The molecule has 1 N–H and O–H groups in total. The highest BCUT2D eigenvalue weighted by Gasteiger charge is 2.44. The zero-order chi connectivity index (χ0) is 29.6. The molecule has 5 atom stereocenters. The second-order valence-electron chi connectivity index (χ2n) is 13.1. The number of fused-ring (bicyclic) bond motifs is 4. The number of hydrogen-bond acceptors (Lipinski definition) is 6. The van der Waals surface area contributed by atoms with Crippen LogP contribution in [0.2, 0.25) is 5.02 Å². The number of anilines is 1. The summed E-state index contributed by atoms with van der Waals surface area (Å²) in [5.41, 5.74) is 3.11. The van der Waals surface area contributed by atoms with Gasteiger partial charge in [0.2, 0.25) is 5.91 Å². The molecule has 0 saturated heterocycles. The van der Waals surface area contributed by atoms with Crippen molar-refractivity contribution in [2.45, 2.75) is 68.2 Å². The number of sulfonamides is 1. The van der Waals surface area contributed by atoms with E-state index < -0.39 is 21.8 Å². The number of allylic oxidation sites excluding steroid dienone is 1. The molecule has 2 heterocycles. The van der Waals surface area contributed by atoms with Gasteiger partial charge in [-0.25, -0.2) is 13.1 Å². The molecule has 42 heavy (non-hydrogen) atoms.